The highest BCUT2D eigenvalue weighted by Gasteiger charge is 2.05. The van der Waals surface area contributed by atoms with Crippen LogP contribution in [0.15, 0.2) is 84.9 Å². The fourth-order valence-corrected chi connectivity index (χ4v) is 2.74. The third kappa shape index (κ3) is 6.72. The first-order valence-electron chi connectivity index (χ1n) is 9.65. The Labute approximate surface area is 180 Å². The van der Waals surface area contributed by atoms with Crippen LogP contribution in [0.1, 0.15) is 17.5 Å². The molecule has 0 unspecified atom stereocenters. The van der Waals surface area contributed by atoms with Crippen molar-refractivity contribution in [2.75, 3.05) is 7.11 Å². The Kier molecular flexibility index (Phi) is 7.38. The van der Waals surface area contributed by atoms with Gasteiger partial charge in [-0.3, -0.25) is 9.59 Å². The Hall–Kier alpha value is -4.12. The van der Waals surface area contributed by atoms with Gasteiger partial charge in [-0.25, -0.2) is 0 Å². The van der Waals surface area contributed by atoms with Gasteiger partial charge in [0.2, 0.25) is 0 Å². The number of rotatable bonds is 9. The highest BCUT2D eigenvalue weighted by atomic mass is 16.5. The van der Waals surface area contributed by atoms with E-state index in [1.807, 2.05) is 54.6 Å². The zero-order valence-corrected chi connectivity index (χ0v) is 17.0. The number of carbonyl (C=O) groups is 2. The summed E-state index contributed by atoms with van der Waals surface area (Å²) in [4.78, 5) is 24.1. The minimum atomic E-state index is -0.312. The van der Waals surface area contributed by atoms with Crippen molar-refractivity contribution in [2.45, 2.75) is 6.42 Å². The molecular formula is C26H22O5. The second kappa shape index (κ2) is 10.6. The maximum absolute atomic E-state index is 12.1. The predicted molar refractivity (Wildman–Crippen MR) is 120 cm³/mol. The molecule has 31 heavy (non-hydrogen) atoms. The first-order valence-corrected chi connectivity index (χ1v) is 9.65. The van der Waals surface area contributed by atoms with Gasteiger partial charge in [0.1, 0.15) is 11.5 Å². The molecule has 0 saturated carbocycles. The van der Waals surface area contributed by atoms with Gasteiger partial charge in [0.05, 0.1) is 13.5 Å². The smallest absolute Gasteiger partial charge is 0.163 e. The van der Waals surface area contributed by atoms with Crippen molar-refractivity contribution in [3.63, 3.8) is 0 Å². The zero-order chi connectivity index (χ0) is 22.1. The lowest BCUT2D eigenvalue weighted by molar-refractivity contribution is -0.121. The lowest BCUT2D eigenvalue weighted by Crippen LogP contribution is -2.01. The number of allylic oxidation sites excluding steroid dienone is 2. The van der Waals surface area contributed by atoms with E-state index in [-0.39, 0.29) is 23.7 Å². The van der Waals surface area contributed by atoms with Crippen LogP contribution in [0.5, 0.6) is 23.0 Å². The molecule has 5 heteroatoms. The number of phenolic OH excluding ortho intramolecular Hbond substituents is 1. The Morgan fingerprint density at radius 2 is 1.39 bits per heavy atom. The van der Waals surface area contributed by atoms with Gasteiger partial charge in [-0.05, 0) is 59.7 Å². The molecule has 0 atom stereocenters. The first kappa shape index (κ1) is 21.6. The highest BCUT2D eigenvalue weighted by Crippen LogP contribution is 2.26. The van der Waals surface area contributed by atoms with Crippen molar-refractivity contribution < 1.29 is 24.2 Å². The molecule has 0 aliphatic carbocycles. The third-order valence-corrected chi connectivity index (χ3v) is 4.33. The molecule has 1 N–H and O–H groups in total. The lowest BCUT2D eigenvalue weighted by atomic mass is 10.1. The number of hydrogen-bond donors (Lipinski definition) is 1. The summed E-state index contributed by atoms with van der Waals surface area (Å²) in [5.41, 5.74) is 1.51. The van der Waals surface area contributed by atoms with Crippen molar-refractivity contribution >= 4 is 23.7 Å². The number of methoxy groups -OCH3 is 1. The van der Waals surface area contributed by atoms with Crippen LogP contribution >= 0.6 is 0 Å². The van der Waals surface area contributed by atoms with Crippen LogP contribution in [-0.2, 0) is 9.59 Å². The second-order valence-corrected chi connectivity index (χ2v) is 6.69. The van der Waals surface area contributed by atoms with Gasteiger partial charge in [-0.2, -0.15) is 0 Å². The number of ether oxygens (including phenoxy) is 2. The van der Waals surface area contributed by atoms with E-state index in [9.17, 15) is 14.7 Å². The van der Waals surface area contributed by atoms with Crippen LogP contribution < -0.4 is 9.47 Å². The Morgan fingerprint density at radius 1 is 0.806 bits per heavy atom. The normalized spacial score (nSPS) is 11.0. The minimum absolute atomic E-state index is 0.0194. The quantitative estimate of drug-likeness (QED) is 0.372. The average Bonchev–Trinajstić information content (AvgIpc) is 2.79. The summed E-state index contributed by atoms with van der Waals surface area (Å²) in [5.74, 6) is 1.18. The number of phenols is 1. The summed E-state index contributed by atoms with van der Waals surface area (Å²) in [5, 5.41) is 9.59. The number of para-hydroxylation sites is 1. The van der Waals surface area contributed by atoms with Gasteiger partial charge >= 0.3 is 0 Å². The van der Waals surface area contributed by atoms with E-state index in [2.05, 4.69) is 0 Å². The maximum Gasteiger partial charge on any atom is 0.163 e. The number of aromatic hydroxyl groups is 1. The SMILES string of the molecule is COc1cc(/C=C/C(=O)CC(=O)/C=C/c2ccc(Oc3ccccc3)cc2)ccc1O. The number of carbonyl (C=O) groups excluding carboxylic acids is 2. The summed E-state index contributed by atoms with van der Waals surface area (Å²) in [6.07, 6.45) is 5.75. The molecule has 3 aromatic rings. The molecule has 0 amide bonds. The molecule has 0 fully saturated rings. The monoisotopic (exact) mass is 414 g/mol. The molecule has 0 radical (unpaired) electrons. The van der Waals surface area contributed by atoms with E-state index < -0.39 is 0 Å². The maximum atomic E-state index is 12.1. The van der Waals surface area contributed by atoms with Crippen LogP contribution in [-0.4, -0.2) is 23.8 Å². The van der Waals surface area contributed by atoms with E-state index in [4.69, 9.17) is 9.47 Å². The molecule has 0 heterocycles. The van der Waals surface area contributed by atoms with E-state index in [1.54, 1.807) is 24.3 Å². The summed E-state index contributed by atoms with van der Waals surface area (Å²) in [6, 6.07) is 21.5. The molecule has 3 aromatic carbocycles. The van der Waals surface area contributed by atoms with Gasteiger partial charge in [0.15, 0.2) is 23.1 Å². The molecule has 0 spiro atoms. The van der Waals surface area contributed by atoms with Crippen LogP contribution in [0.2, 0.25) is 0 Å². The molecule has 0 aliphatic rings. The number of hydrogen-bond acceptors (Lipinski definition) is 5. The molecular weight excluding hydrogens is 392 g/mol. The minimum Gasteiger partial charge on any atom is -0.504 e. The number of ketones is 2. The van der Waals surface area contributed by atoms with E-state index in [0.717, 1.165) is 11.3 Å². The van der Waals surface area contributed by atoms with Crippen molar-refractivity contribution in [2.24, 2.45) is 0 Å². The van der Waals surface area contributed by atoms with Crippen LogP contribution in [0.4, 0.5) is 0 Å². The van der Waals surface area contributed by atoms with Crippen LogP contribution in [0.25, 0.3) is 12.2 Å². The summed E-state index contributed by atoms with van der Waals surface area (Å²) >= 11 is 0. The van der Waals surface area contributed by atoms with E-state index in [1.165, 1.54) is 25.3 Å². The second-order valence-electron chi connectivity index (χ2n) is 6.69. The molecule has 5 nitrogen and oxygen atoms in total. The highest BCUT2D eigenvalue weighted by molar-refractivity contribution is 6.10. The van der Waals surface area contributed by atoms with Crippen LogP contribution in [0.3, 0.4) is 0 Å². The Morgan fingerprint density at radius 3 is 2.03 bits per heavy atom. The van der Waals surface area contributed by atoms with E-state index >= 15 is 0 Å². The van der Waals surface area contributed by atoms with Crippen molar-refractivity contribution in [3.05, 3.63) is 96.1 Å². The van der Waals surface area contributed by atoms with Crippen molar-refractivity contribution in [1.29, 1.82) is 0 Å². The molecule has 0 aromatic heterocycles. The lowest BCUT2D eigenvalue weighted by Gasteiger charge is -2.05. The Bertz CT molecular complexity index is 1100. The average molecular weight is 414 g/mol. The van der Waals surface area contributed by atoms with Gasteiger partial charge < -0.3 is 14.6 Å². The molecule has 0 saturated heterocycles. The Balaban J connectivity index is 1.52. The van der Waals surface area contributed by atoms with E-state index in [0.29, 0.717) is 17.1 Å². The van der Waals surface area contributed by atoms with Crippen molar-refractivity contribution in [3.8, 4) is 23.0 Å². The van der Waals surface area contributed by atoms with Gasteiger partial charge in [-0.1, -0.05) is 48.6 Å². The molecule has 0 bridgehead atoms. The van der Waals surface area contributed by atoms with Gasteiger partial charge in [0.25, 0.3) is 0 Å². The number of benzene rings is 3. The molecule has 3 rings (SSSR count). The molecule has 0 aliphatic heterocycles. The predicted octanol–water partition coefficient (Wildman–Crippen LogP) is 5.45. The zero-order valence-electron chi connectivity index (χ0n) is 17.0. The van der Waals surface area contributed by atoms with Crippen LogP contribution in [0, 0.1) is 0 Å². The summed E-state index contributed by atoms with van der Waals surface area (Å²) < 4.78 is 10.8. The fourth-order valence-electron chi connectivity index (χ4n) is 2.74. The first-order chi connectivity index (χ1) is 15.0. The van der Waals surface area contributed by atoms with Gasteiger partial charge in [-0.15, -0.1) is 0 Å². The fraction of sp³-hybridized carbons (Fsp3) is 0.0769. The largest absolute Gasteiger partial charge is 0.504 e. The van der Waals surface area contributed by atoms with Gasteiger partial charge in [0, 0.05) is 0 Å². The van der Waals surface area contributed by atoms with Crippen molar-refractivity contribution in [1.82, 2.24) is 0 Å². The summed E-state index contributed by atoms with van der Waals surface area (Å²) in [6.45, 7) is 0. The third-order valence-electron chi connectivity index (χ3n) is 4.33. The molecule has 156 valence electrons. The standard InChI is InChI=1S/C26H22O5/c1-30-26-17-20(11-16-25(26)29)8-13-22(28)18-21(27)12-7-19-9-14-24(15-10-19)31-23-5-3-2-4-6-23/h2-17,29H,18H2,1H3/b12-7+,13-8+. The topological polar surface area (TPSA) is 72.8 Å². The summed E-state index contributed by atoms with van der Waals surface area (Å²) in [7, 11) is 1.45.